The molecule has 0 saturated heterocycles. The number of nitrogens with one attached hydrogen (secondary N) is 1. The Bertz CT molecular complexity index is 711. The van der Waals surface area contributed by atoms with Crippen LogP contribution in [0.25, 0.3) is 11.0 Å². The Balaban J connectivity index is 1.75. The zero-order valence-corrected chi connectivity index (χ0v) is 11.7. The SMILES string of the molecule is CCc1ccc2nc(CCc3ccc(N)cc3)[nH]c2c1. The van der Waals surface area contributed by atoms with Crippen molar-refractivity contribution in [2.75, 3.05) is 5.73 Å². The zero-order valence-electron chi connectivity index (χ0n) is 11.7. The van der Waals surface area contributed by atoms with E-state index in [4.69, 9.17) is 5.73 Å². The highest BCUT2D eigenvalue weighted by molar-refractivity contribution is 5.75. The number of aromatic amines is 1. The van der Waals surface area contributed by atoms with E-state index in [2.05, 4.69) is 47.2 Å². The highest BCUT2D eigenvalue weighted by atomic mass is 14.9. The number of rotatable bonds is 4. The van der Waals surface area contributed by atoms with E-state index in [0.29, 0.717) is 0 Å². The maximum atomic E-state index is 5.69. The van der Waals surface area contributed by atoms with E-state index in [1.54, 1.807) is 0 Å². The second-order valence-electron chi connectivity index (χ2n) is 5.13. The zero-order chi connectivity index (χ0) is 13.9. The predicted octanol–water partition coefficient (Wildman–Crippen LogP) is 3.49. The molecule has 1 heterocycles. The molecule has 3 heteroatoms. The van der Waals surface area contributed by atoms with Crippen LogP contribution in [0, 0.1) is 0 Å². The lowest BCUT2D eigenvalue weighted by Crippen LogP contribution is -1.94. The van der Waals surface area contributed by atoms with Gasteiger partial charge in [-0.15, -0.1) is 0 Å². The number of nitrogens with two attached hydrogens (primary N) is 1. The second-order valence-corrected chi connectivity index (χ2v) is 5.13. The van der Waals surface area contributed by atoms with Crippen molar-refractivity contribution < 1.29 is 0 Å². The number of imidazole rings is 1. The van der Waals surface area contributed by atoms with Crippen molar-refractivity contribution in [1.29, 1.82) is 0 Å². The molecule has 0 saturated carbocycles. The van der Waals surface area contributed by atoms with Gasteiger partial charge in [0.15, 0.2) is 0 Å². The molecule has 0 spiro atoms. The van der Waals surface area contributed by atoms with Gasteiger partial charge >= 0.3 is 0 Å². The third kappa shape index (κ3) is 2.67. The number of nitrogen functional groups attached to an aromatic ring is 1. The summed E-state index contributed by atoms with van der Waals surface area (Å²) in [5.74, 6) is 1.05. The minimum Gasteiger partial charge on any atom is -0.399 e. The molecule has 20 heavy (non-hydrogen) atoms. The summed E-state index contributed by atoms with van der Waals surface area (Å²) in [7, 11) is 0. The van der Waals surface area contributed by atoms with Crippen molar-refractivity contribution >= 4 is 16.7 Å². The Morgan fingerprint density at radius 3 is 2.50 bits per heavy atom. The Kier molecular flexibility index (Phi) is 3.42. The van der Waals surface area contributed by atoms with Crippen LogP contribution in [0.4, 0.5) is 5.69 Å². The molecule has 3 rings (SSSR count). The van der Waals surface area contributed by atoms with E-state index in [9.17, 15) is 0 Å². The van der Waals surface area contributed by atoms with Gasteiger partial charge < -0.3 is 10.7 Å². The highest BCUT2D eigenvalue weighted by Gasteiger charge is 2.04. The van der Waals surface area contributed by atoms with Crippen LogP contribution in [0.5, 0.6) is 0 Å². The van der Waals surface area contributed by atoms with E-state index in [1.165, 1.54) is 11.1 Å². The molecule has 0 bridgehead atoms. The van der Waals surface area contributed by atoms with Crippen molar-refractivity contribution in [2.24, 2.45) is 0 Å². The number of hydrogen-bond acceptors (Lipinski definition) is 2. The number of hydrogen-bond donors (Lipinski definition) is 2. The summed E-state index contributed by atoms with van der Waals surface area (Å²) in [5, 5.41) is 0. The van der Waals surface area contributed by atoms with Crippen LogP contribution >= 0.6 is 0 Å². The molecule has 0 aliphatic heterocycles. The van der Waals surface area contributed by atoms with E-state index < -0.39 is 0 Å². The topological polar surface area (TPSA) is 54.7 Å². The normalized spacial score (nSPS) is 11.1. The molecule has 0 aliphatic rings. The molecule has 3 aromatic rings. The summed E-state index contributed by atoms with van der Waals surface area (Å²) >= 11 is 0. The molecular weight excluding hydrogens is 246 g/mol. The molecule has 0 atom stereocenters. The molecule has 0 amide bonds. The minimum absolute atomic E-state index is 0.810. The molecule has 0 fully saturated rings. The first-order chi connectivity index (χ1) is 9.74. The van der Waals surface area contributed by atoms with Crippen LogP contribution in [0.3, 0.4) is 0 Å². The fourth-order valence-electron chi connectivity index (χ4n) is 2.39. The van der Waals surface area contributed by atoms with Crippen LogP contribution in [0.15, 0.2) is 42.5 Å². The van der Waals surface area contributed by atoms with Gasteiger partial charge in [-0.25, -0.2) is 4.98 Å². The first-order valence-electron chi connectivity index (χ1n) is 7.06. The number of benzene rings is 2. The first-order valence-corrected chi connectivity index (χ1v) is 7.06. The number of anilines is 1. The monoisotopic (exact) mass is 265 g/mol. The van der Waals surface area contributed by atoms with Crippen LogP contribution in [0.1, 0.15) is 23.9 Å². The molecule has 0 aliphatic carbocycles. The number of H-pyrrole nitrogens is 1. The van der Waals surface area contributed by atoms with Gasteiger partial charge in [-0.05, 0) is 48.2 Å². The highest BCUT2D eigenvalue weighted by Crippen LogP contribution is 2.15. The summed E-state index contributed by atoms with van der Waals surface area (Å²) in [6.07, 6.45) is 2.94. The average molecular weight is 265 g/mol. The third-order valence-electron chi connectivity index (χ3n) is 3.63. The van der Waals surface area contributed by atoms with E-state index in [0.717, 1.165) is 41.8 Å². The van der Waals surface area contributed by atoms with Crippen molar-refractivity contribution in [3.05, 3.63) is 59.4 Å². The Morgan fingerprint density at radius 2 is 1.75 bits per heavy atom. The van der Waals surface area contributed by atoms with E-state index in [1.807, 2.05) is 12.1 Å². The van der Waals surface area contributed by atoms with Crippen LogP contribution in [-0.4, -0.2) is 9.97 Å². The molecule has 2 aromatic carbocycles. The van der Waals surface area contributed by atoms with Crippen LogP contribution in [-0.2, 0) is 19.3 Å². The Hall–Kier alpha value is -2.29. The summed E-state index contributed by atoms with van der Waals surface area (Å²) in [6.45, 7) is 2.17. The van der Waals surface area contributed by atoms with Crippen molar-refractivity contribution in [2.45, 2.75) is 26.2 Å². The van der Waals surface area contributed by atoms with E-state index >= 15 is 0 Å². The summed E-state index contributed by atoms with van der Waals surface area (Å²) in [4.78, 5) is 8.06. The van der Waals surface area contributed by atoms with Gasteiger partial charge in [0.2, 0.25) is 0 Å². The standard InChI is InChI=1S/C17H19N3/c1-2-12-5-9-15-16(11-12)20-17(19-15)10-6-13-3-7-14(18)8-4-13/h3-5,7-9,11H,2,6,10,18H2,1H3,(H,19,20). The molecule has 0 radical (unpaired) electrons. The summed E-state index contributed by atoms with van der Waals surface area (Å²) in [5.41, 5.74) is 11.3. The average Bonchev–Trinajstić information content (AvgIpc) is 2.88. The molecule has 3 N–H and O–H groups in total. The molecular formula is C17H19N3. The number of nitrogens with zero attached hydrogens (tertiary/aromatic N) is 1. The number of aryl methyl sites for hydroxylation is 3. The maximum absolute atomic E-state index is 5.69. The van der Waals surface area contributed by atoms with Crippen molar-refractivity contribution in [3.8, 4) is 0 Å². The fourth-order valence-corrected chi connectivity index (χ4v) is 2.39. The van der Waals surface area contributed by atoms with Crippen LogP contribution < -0.4 is 5.73 Å². The van der Waals surface area contributed by atoms with Crippen molar-refractivity contribution in [3.63, 3.8) is 0 Å². The van der Waals surface area contributed by atoms with Gasteiger partial charge in [-0.1, -0.05) is 25.1 Å². The molecule has 3 nitrogen and oxygen atoms in total. The fraction of sp³-hybridized carbons (Fsp3) is 0.235. The lowest BCUT2D eigenvalue weighted by molar-refractivity contribution is 0.890. The molecule has 102 valence electrons. The summed E-state index contributed by atoms with van der Waals surface area (Å²) in [6, 6.07) is 14.5. The lowest BCUT2D eigenvalue weighted by atomic mass is 10.1. The van der Waals surface area contributed by atoms with Gasteiger partial charge in [-0.3, -0.25) is 0 Å². The minimum atomic E-state index is 0.810. The largest absolute Gasteiger partial charge is 0.399 e. The van der Waals surface area contributed by atoms with Gasteiger partial charge in [-0.2, -0.15) is 0 Å². The van der Waals surface area contributed by atoms with Gasteiger partial charge in [0.05, 0.1) is 11.0 Å². The maximum Gasteiger partial charge on any atom is 0.107 e. The Labute approximate surface area is 118 Å². The second kappa shape index (κ2) is 5.37. The van der Waals surface area contributed by atoms with Crippen molar-refractivity contribution in [1.82, 2.24) is 9.97 Å². The third-order valence-corrected chi connectivity index (χ3v) is 3.63. The quantitative estimate of drug-likeness (QED) is 0.709. The van der Waals surface area contributed by atoms with E-state index in [-0.39, 0.29) is 0 Å². The molecule has 1 aromatic heterocycles. The number of aromatic nitrogens is 2. The molecule has 0 unspecified atom stereocenters. The first kappa shape index (κ1) is 12.7. The van der Waals surface area contributed by atoms with Gasteiger partial charge in [0.25, 0.3) is 0 Å². The van der Waals surface area contributed by atoms with Gasteiger partial charge in [0, 0.05) is 12.1 Å². The van der Waals surface area contributed by atoms with Crippen LogP contribution in [0.2, 0.25) is 0 Å². The summed E-state index contributed by atoms with van der Waals surface area (Å²) < 4.78 is 0. The smallest absolute Gasteiger partial charge is 0.107 e. The lowest BCUT2D eigenvalue weighted by Gasteiger charge is -1.99. The predicted molar refractivity (Wildman–Crippen MR) is 83.7 cm³/mol. The number of fused-ring (bicyclic) bond motifs is 1. The Morgan fingerprint density at radius 1 is 1.00 bits per heavy atom. The van der Waals surface area contributed by atoms with Gasteiger partial charge in [0.1, 0.15) is 5.82 Å².